The number of rotatable bonds is 9. The van der Waals surface area contributed by atoms with Gasteiger partial charge in [0.05, 0.1) is 20.2 Å². The highest BCUT2D eigenvalue weighted by Crippen LogP contribution is 2.35. The van der Waals surface area contributed by atoms with Gasteiger partial charge in [0.25, 0.3) is 5.91 Å². The Morgan fingerprint density at radius 1 is 1.10 bits per heavy atom. The number of pyridine rings is 2. The molecule has 1 saturated heterocycles. The van der Waals surface area contributed by atoms with Crippen LogP contribution in [0.1, 0.15) is 49.6 Å². The van der Waals surface area contributed by atoms with Gasteiger partial charge in [-0.2, -0.15) is 0 Å². The third-order valence-electron chi connectivity index (χ3n) is 8.63. The fourth-order valence-corrected chi connectivity index (χ4v) is 7.07. The van der Waals surface area contributed by atoms with Gasteiger partial charge in [-0.1, -0.05) is 12.1 Å². The Kier molecular flexibility index (Phi) is 9.68. The molecule has 3 aromatic rings. The molecule has 1 aromatic carbocycles. The van der Waals surface area contributed by atoms with Crippen molar-refractivity contribution in [3.63, 3.8) is 0 Å². The molecule has 3 aliphatic rings. The molecule has 3 amide bonds. The van der Waals surface area contributed by atoms with Crippen molar-refractivity contribution < 1.29 is 33.3 Å². The minimum Gasteiger partial charge on any atom is -0.497 e. The second-order valence-corrected chi connectivity index (χ2v) is 14.5. The third kappa shape index (κ3) is 7.61. The first-order valence-corrected chi connectivity index (χ1v) is 17.1. The van der Waals surface area contributed by atoms with Gasteiger partial charge in [0.1, 0.15) is 27.0 Å². The second kappa shape index (κ2) is 13.8. The van der Waals surface area contributed by atoms with Gasteiger partial charge in [-0.05, 0) is 116 Å². The fourth-order valence-electron chi connectivity index (χ4n) is 6.33. The largest absolute Gasteiger partial charge is 0.497 e. The lowest BCUT2D eigenvalue weighted by atomic mass is 10.1. The Bertz CT molecular complexity index is 1710. The van der Waals surface area contributed by atoms with E-state index in [1.165, 1.54) is 16.0 Å². The van der Waals surface area contributed by atoms with E-state index < -0.39 is 17.8 Å². The summed E-state index contributed by atoms with van der Waals surface area (Å²) < 4.78 is 23.4. The number of hydrogen-bond acceptors (Lipinski definition) is 9. The maximum Gasteiger partial charge on any atom is 0.415 e. The maximum absolute atomic E-state index is 13.4. The van der Waals surface area contributed by atoms with E-state index in [9.17, 15) is 14.4 Å². The average molecular weight is 770 g/mol. The maximum atomic E-state index is 13.4. The highest BCUT2D eigenvalue weighted by molar-refractivity contribution is 14.1. The minimum atomic E-state index is -0.647. The number of cyclic esters (lactones) is 1. The molecule has 6 rings (SSSR count). The number of benzene rings is 1. The molecular weight excluding hydrogens is 729 g/mol. The fraction of sp³-hybridized carbons (Fsp3) is 0.457. The number of aryl methyl sites for hydroxylation is 1. The van der Waals surface area contributed by atoms with Gasteiger partial charge in [-0.25, -0.2) is 19.6 Å². The Hall–Kier alpha value is -4.14. The number of methoxy groups -OCH3 is 1. The summed E-state index contributed by atoms with van der Waals surface area (Å²) in [7, 11) is 1.60. The van der Waals surface area contributed by atoms with Gasteiger partial charge in [-0.3, -0.25) is 14.6 Å². The summed E-state index contributed by atoms with van der Waals surface area (Å²) >= 11 is 2.24. The van der Waals surface area contributed by atoms with Crippen molar-refractivity contribution in [1.29, 1.82) is 0 Å². The summed E-state index contributed by atoms with van der Waals surface area (Å²) in [5.41, 5.74) is 3.83. The van der Waals surface area contributed by atoms with Gasteiger partial charge in [-0.15, -0.1) is 0 Å². The van der Waals surface area contributed by atoms with Crippen molar-refractivity contribution in [3.8, 4) is 11.5 Å². The zero-order valence-corrected chi connectivity index (χ0v) is 30.0. The first-order valence-electron chi connectivity index (χ1n) is 16.0. The molecule has 4 heterocycles. The summed E-state index contributed by atoms with van der Waals surface area (Å²) in [5.74, 6) is 1.86. The van der Waals surface area contributed by atoms with Crippen molar-refractivity contribution in [2.24, 2.45) is 5.92 Å². The number of amides is 3. The van der Waals surface area contributed by atoms with E-state index in [2.05, 4.69) is 33.6 Å². The van der Waals surface area contributed by atoms with Gasteiger partial charge in [0.2, 0.25) is 0 Å². The van der Waals surface area contributed by atoms with Gasteiger partial charge in [0, 0.05) is 25.2 Å². The quantitative estimate of drug-likeness (QED) is 0.200. The molecule has 13 heteroatoms. The average Bonchev–Trinajstić information content (AvgIpc) is 3.62. The van der Waals surface area contributed by atoms with Crippen LogP contribution >= 0.6 is 22.6 Å². The molecule has 1 fully saturated rings. The molecule has 12 nitrogen and oxygen atoms in total. The molecule has 0 spiro atoms. The molecule has 2 unspecified atom stereocenters. The van der Waals surface area contributed by atoms with Crippen LogP contribution in [0.25, 0.3) is 0 Å². The van der Waals surface area contributed by atoms with E-state index in [1.54, 1.807) is 29.0 Å². The zero-order chi connectivity index (χ0) is 34.2. The van der Waals surface area contributed by atoms with Crippen LogP contribution in [0.3, 0.4) is 0 Å². The number of anilines is 2. The van der Waals surface area contributed by atoms with Gasteiger partial charge >= 0.3 is 12.2 Å². The van der Waals surface area contributed by atoms with Gasteiger partial charge < -0.3 is 23.8 Å². The summed E-state index contributed by atoms with van der Waals surface area (Å²) in [6, 6.07) is 13.0. The Morgan fingerprint density at radius 2 is 1.88 bits per heavy atom. The number of fused-ring (bicyclic) bond motifs is 2. The van der Waals surface area contributed by atoms with E-state index >= 15 is 0 Å². The Labute approximate surface area is 293 Å². The van der Waals surface area contributed by atoms with Crippen LogP contribution in [0.15, 0.2) is 42.5 Å². The Morgan fingerprint density at radius 3 is 2.60 bits per heavy atom. The predicted octanol–water partition coefficient (Wildman–Crippen LogP) is 5.69. The van der Waals surface area contributed by atoms with E-state index in [4.69, 9.17) is 23.9 Å². The lowest BCUT2D eigenvalue weighted by Gasteiger charge is -2.30. The van der Waals surface area contributed by atoms with Crippen LogP contribution in [0.2, 0.25) is 0 Å². The number of aromatic nitrogens is 2. The molecule has 2 atom stereocenters. The molecular formula is C35H40IN5O7. The van der Waals surface area contributed by atoms with Crippen molar-refractivity contribution in [1.82, 2.24) is 14.9 Å². The van der Waals surface area contributed by atoms with Crippen LogP contribution in [-0.2, 0) is 33.7 Å². The summed E-state index contributed by atoms with van der Waals surface area (Å²) in [6.07, 6.45) is 0.749. The number of halogens is 1. The highest BCUT2D eigenvalue weighted by Gasteiger charge is 2.37. The molecule has 2 aliphatic heterocycles. The summed E-state index contributed by atoms with van der Waals surface area (Å²) in [6.45, 7) is 8.90. The molecule has 0 radical (unpaired) electrons. The Balaban J connectivity index is 1.13. The lowest BCUT2D eigenvalue weighted by Crippen LogP contribution is -2.41. The van der Waals surface area contributed by atoms with Gasteiger partial charge in [0.15, 0.2) is 18.2 Å². The number of ether oxygens (including phenoxy) is 4. The lowest BCUT2D eigenvalue weighted by molar-refractivity contribution is -0.121. The monoisotopic (exact) mass is 769 g/mol. The number of hydrogen-bond donors (Lipinski definition) is 0. The predicted molar refractivity (Wildman–Crippen MR) is 187 cm³/mol. The SMILES string of the molecule is COc1ccc(CN2C(=O)COc3ccc(N4CC(CCN(CC5Cc6cc(I)nc(C)c6C5)C(=O)OC(C)(C)C)OC4=O)nc32)cc1. The topological polar surface area (TPSA) is 124 Å². The minimum absolute atomic E-state index is 0.102. The highest BCUT2D eigenvalue weighted by atomic mass is 127. The molecule has 0 N–H and O–H groups in total. The summed E-state index contributed by atoms with van der Waals surface area (Å²) in [5, 5.41) is 0. The molecule has 1 aliphatic carbocycles. The second-order valence-electron chi connectivity index (χ2n) is 13.4. The first-order chi connectivity index (χ1) is 22.9. The zero-order valence-electron chi connectivity index (χ0n) is 27.8. The van der Waals surface area contributed by atoms with E-state index in [-0.39, 0.29) is 37.6 Å². The van der Waals surface area contributed by atoms with Crippen LogP contribution in [0, 0.1) is 16.5 Å². The standard InChI is InChI=1S/C35H40IN5O7/c1-21-27-15-23(14-24(27)16-29(36)37-21)17-39(33(43)48-35(2,3)4)13-12-26-19-40(34(44)47-26)30-11-10-28-32(38-30)41(31(42)20-46-28)18-22-6-8-25(45-5)9-7-22/h6-11,16,23,26H,12-15,17-20H2,1-5H3. The van der Waals surface area contributed by atoms with Crippen LogP contribution in [0.5, 0.6) is 11.5 Å². The summed E-state index contributed by atoms with van der Waals surface area (Å²) in [4.78, 5) is 53.5. The molecule has 0 bridgehead atoms. The number of carbonyl (C=O) groups excluding carboxylic acids is 3. The van der Waals surface area contributed by atoms with Crippen molar-refractivity contribution in [2.75, 3.05) is 43.2 Å². The molecule has 0 saturated carbocycles. The van der Waals surface area contributed by atoms with Crippen molar-refractivity contribution in [2.45, 2.75) is 65.2 Å². The van der Waals surface area contributed by atoms with E-state index in [1.807, 2.05) is 52.0 Å². The third-order valence-corrected chi connectivity index (χ3v) is 9.18. The van der Waals surface area contributed by atoms with E-state index in [0.717, 1.165) is 33.5 Å². The van der Waals surface area contributed by atoms with E-state index in [0.29, 0.717) is 36.9 Å². The first kappa shape index (κ1) is 33.7. The number of carbonyl (C=O) groups is 3. The van der Waals surface area contributed by atoms with Crippen molar-refractivity contribution in [3.05, 3.63) is 68.5 Å². The number of nitrogens with zero attached hydrogens (tertiary/aromatic N) is 5. The van der Waals surface area contributed by atoms with Crippen LogP contribution in [0.4, 0.5) is 21.2 Å². The van der Waals surface area contributed by atoms with Crippen LogP contribution < -0.4 is 19.3 Å². The van der Waals surface area contributed by atoms with Crippen LogP contribution in [-0.4, -0.2) is 78.0 Å². The normalized spacial score (nSPS) is 18.6. The van der Waals surface area contributed by atoms with Crippen molar-refractivity contribution >= 4 is 52.3 Å². The molecule has 48 heavy (non-hydrogen) atoms. The molecule has 2 aromatic heterocycles. The smallest absolute Gasteiger partial charge is 0.415 e. The molecule has 254 valence electrons.